The van der Waals surface area contributed by atoms with Crippen LogP contribution < -0.4 is 5.73 Å². The summed E-state index contributed by atoms with van der Waals surface area (Å²) in [5, 5.41) is 0. The van der Waals surface area contributed by atoms with E-state index in [1.807, 2.05) is 0 Å². The molecule has 1 aliphatic carbocycles. The molecule has 0 aromatic rings. The maximum absolute atomic E-state index is 12.0. The number of hydrogen-bond acceptors (Lipinski definition) is 4. The Morgan fingerprint density at radius 3 is 2.32 bits per heavy atom. The average molecular weight is 270 g/mol. The summed E-state index contributed by atoms with van der Waals surface area (Å²) in [7, 11) is 1.37. The number of rotatable bonds is 6. The van der Waals surface area contributed by atoms with Gasteiger partial charge in [-0.3, -0.25) is 4.79 Å². The third-order valence-corrected chi connectivity index (χ3v) is 3.44. The first-order chi connectivity index (χ1) is 8.80. The Hall–Kier alpha value is -1.10. The third kappa shape index (κ3) is 4.82. The highest BCUT2D eigenvalue weighted by Crippen LogP contribution is 2.36. The lowest BCUT2D eigenvalue weighted by atomic mass is 9.91. The first-order valence-corrected chi connectivity index (χ1v) is 6.87. The van der Waals surface area contributed by atoms with Crippen LogP contribution in [-0.2, 0) is 14.3 Å². The van der Waals surface area contributed by atoms with E-state index in [9.17, 15) is 9.59 Å². The molecule has 0 unspecified atom stereocenters. The van der Waals surface area contributed by atoms with E-state index in [1.165, 1.54) is 7.11 Å². The molecular formula is C14H26N2O3. The monoisotopic (exact) mass is 270 g/mol. The molecule has 0 bridgehead atoms. The van der Waals surface area contributed by atoms with E-state index in [-0.39, 0.29) is 29.8 Å². The standard InChI is InChI=1S/C14H26N2O3/c1-14(2,3)7-8-16(11(17)9-15)12(10-5-6-10)13(18)19-4/h10,12H,5-9,15H2,1-4H3/t12-/m0/s1. The van der Waals surface area contributed by atoms with Gasteiger partial charge in [0.25, 0.3) is 0 Å². The quantitative estimate of drug-likeness (QED) is 0.735. The number of hydrogen-bond donors (Lipinski definition) is 1. The van der Waals surface area contributed by atoms with Crippen LogP contribution in [0.4, 0.5) is 0 Å². The molecule has 2 N–H and O–H groups in total. The minimum Gasteiger partial charge on any atom is -0.467 e. The van der Waals surface area contributed by atoms with Gasteiger partial charge in [0.05, 0.1) is 13.7 Å². The summed E-state index contributed by atoms with van der Waals surface area (Å²) in [6, 6.07) is -0.455. The molecule has 0 saturated heterocycles. The number of carbonyl (C=O) groups is 2. The van der Waals surface area contributed by atoms with E-state index < -0.39 is 6.04 Å². The van der Waals surface area contributed by atoms with E-state index in [4.69, 9.17) is 10.5 Å². The van der Waals surface area contributed by atoms with Crippen molar-refractivity contribution in [2.75, 3.05) is 20.2 Å². The van der Waals surface area contributed by atoms with Gasteiger partial charge in [-0.25, -0.2) is 4.79 Å². The molecule has 110 valence electrons. The Morgan fingerprint density at radius 2 is 1.95 bits per heavy atom. The summed E-state index contributed by atoms with van der Waals surface area (Å²) in [5.74, 6) is -0.257. The number of amides is 1. The fourth-order valence-electron chi connectivity index (χ4n) is 2.10. The highest BCUT2D eigenvalue weighted by Gasteiger charge is 2.42. The number of ether oxygens (including phenoxy) is 1. The van der Waals surface area contributed by atoms with E-state index in [1.54, 1.807) is 4.90 Å². The van der Waals surface area contributed by atoms with Gasteiger partial charge in [0, 0.05) is 6.54 Å². The van der Waals surface area contributed by atoms with Gasteiger partial charge in [0.15, 0.2) is 0 Å². The summed E-state index contributed by atoms with van der Waals surface area (Å²) < 4.78 is 4.85. The van der Waals surface area contributed by atoms with Gasteiger partial charge in [-0.1, -0.05) is 20.8 Å². The van der Waals surface area contributed by atoms with Crippen molar-refractivity contribution in [1.82, 2.24) is 4.90 Å². The van der Waals surface area contributed by atoms with Crippen molar-refractivity contribution in [3.8, 4) is 0 Å². The fourth-order valence-corrected chi connectivity index (χ4v) is 2.10. The van der Waals surface area contributed by atoms with Gasteiger partial charge in [-0.15, -0.1) is 0 Å². The van der Waals surface area contributed by atoms with Crippen molar-refractivity contribution >= 4 is 11.9 Å². The van der Waals surface area contributed by atoms with Crippen LogP contribution in [0.1, 0.15) is 40.0 Å². The zero-order valence-electron chi connectivity index (χ0n) is 12.4. The van der Waals surface area contributed by atoms with Crippen molar-refractivity contribution in [3.63, 3.8) is 0 Å². The highest BCUT2D eigenvalue weighted by atomic mass is 16.5. The number of nitrogens with zero attached hydrogens (tertiary/aromatic N) is 1. The van der Waals surface area contributed by atoms with Crippen molar-refractivity contribution in [2.24, 2.45) is 17.1 Å². The molecule has 0 spiro atoms. The molecule has 1 amide bonds. The van der Waals surface area contributed by atoms with Crippen LogP contribution in [0.15, 0.2) is 0 Å². The lowest BCUT2D eigenvalue weighted by molar-refractivity contribution is -0.153. The van der Waals surface area contributed by atoms with Crippen LogP contribution in [0.2, 0.25) is 0 Å². The van der Waals surface area contributed by atoms with Gasteiger partial charge < -0.3 is 15.4 Å². The smallest absolute Gasteiger partial charge is 0.328 e. The van der Waals surface area contributed by atoms with Gasteiger partial charge in [-0.05, 0) is 30.6 Å². The summed E-state index contributed by atoms with van der Waals surface area (Å²) in [4.78, 5) is 25.6. The van der Waals surface area contributed by atoms with Gasteiger partial charge in [-0.2, -0.15) is 0 Å². The van der Waals surface area contributed by atoms with Crippen LogP contribution in [0.3, 0.4) is 0 Å². The first kappa shape index (κ1) is 16.0. The van der Waals surface area contributed by atoms with Crippen molar-refractivity contribution in [1.29, 1.82) is 0 Å². The Balaban J connectivity index is 2.81. The van der Waals surface area contributed by atoms with E-state index in [0.717, 1.165) is 19.3 Å². The topological polar surface area (TPSA) is 72.6 Å². The van der Waals surface area contributed by atoms with Crippen LogP contribution >= 0.6 is 0 Å². The molecule has 0 radical (unpaired) electrons. The molecule has 1 rings (SSSR count). The predicted molar refractivity (Wildman–Crippen MR) is 73.4 cm³/mol. The Morgan fingerprint density at radius 1 is 1.37 bits per heavy atom. The van der Waals surface area contributed by atoms with Gasteiger partial charge in [0.1, 0.15) is 6.04 Å². The van der Waals surface area contributed by atoms with Crippen LogP contribution in [0.25, 0.3) is 0 Å². The van der Waals surface area contributed by atoms with Crippen LogP contribution in [-0.4, -0.2) is 43.0 Å². The highest BCUT2D eigenvalue weighted by molar-refractivity contribution is 5.86. The third-order valence-electron chi connectivity index (χ3n) is 3.44. The average Bonchev–Trinajstić information content (AvgIpc) is 3.15. The fraction of sp³-hybridized carbons (Fsp3) is 0.857. The second-order valence-corrected chi connectivity index (χ2v) is 6.41. The molecular weight excluding hydrogens is 244 g/mol. The Kier molecular flexibility index (Phi) is 5.35. The molecule has 0 aromatic heterocycles. The van der Waals surface area contributed by atoms with Crippen molar-refractivity contribution in [3.05, 3.63) is 0 Å². The van der Waals surface area contributed by atoms with E-state index in [0.29, 0.717) is 6.54 Å². The number of carbonyl (C=O) groups excluding carboxylic acids is 2. The van der Waals surface area contributed by atoms with Crippen molar-refractivity contribution < 1.29 is 14.3 Å². The minimum absolute atomic E-state index is 0.0651. The summed E-state index contributed by atoms with van der Waals surface area (Å²) >= 11 is 0. The van der Waals surface area contributed by atoms with E-state index in [2.05, 4.69) is 20.8 Å². The normalized spacial score (nSPS) is 16.9. The molecule has 1 atom stereocenters. The SMILES string of the molecule is COC(=O)[C@H](C1CC1)N(CCC(C)(C)C)C(=O)CN. The largest absolute Gasteiger partial charge is 0.467 e. The zero-order valence-corrected chi connectivity index (χ0v) is 12.4. The molecule has 19 heavy (non-hydrogen) atoms. The minimum atomic E-state index is -0.455. The molecule has 0 aliphatic heterocycles. The summed E-state index contributed by atoms with van der Waals surface area (Å²) in [6.07, 6.45) is 2.78. The number of methoxy groups -OCH3 is 1. The maximum atomic E-state index is 12.0. The first-order valence-electron chi connectivity index (χ1n) is 6.87. The van der Waals surface area contributed by atoms with Crippen LogP contribution in [0.5, 0.6) is 0 Å². The number of nitrogens with two attached hydrogens (primary N) is 1. The van der Waals surface area contributed by atoms with Gasteiger partial charge in [0.2, 0.25) is 5.91 Å². The molecule has 0 aromatic carbocycles. The second kappa shape index (κ2) is 6.37. The molecule has 5 heteroatoms. The molecule has 1 aliphatic rings. The molecule has 1 fully saturated rings. The maximum Gasteiger partial charge on any atom is 0.328 e. The lowest BCUT2D eigenvalue weighted by Gasteiger charge is -2.32. The summed E-state index contributed by atoms with van der Waals surface area (Å²) in [6.45, 7) is 6.83. The van der Waals surface area contributed by atoms with E-state index >= 15 is 0 Å². The van der Waals surface area contributed by atoms with Gasteiger partial charge >= 0.3 is 5.97 Å². The molecule has 1 saturated carbocycles. The Bertz CT molecular complexity index is 332. The molecule has 0 heterocycles. The molecule has 5 nitrogen and oxygen atoms in total. The zero-order chi connectivity index (χ0) is 14.6. The second-order valence-electron chi connectivity index (χ2n) is 6.41. The number of esters is 1. The predicted octanol–water partition coefficient (Wildman–Crippen LogP) is 1.16. The lowest BCUT2D eigenvalue weighted by Crippen LogP contribution is -2.50. The summed E-state index contributed by atoms with van der Waals surface area (Å²) in [5.41, 5.74) is 5.58. The Labute approximate surface area is 115 Å². The van der Waals surface area contributed by atoms with Crippen LogP contribution in [0, 0.1) is 11.3 Å². The van der Waals surface area contributed by atoms with Crippen molar-refractivity contribution in [2.45, 2.75) is 46.1 Å².